The van der Waals surface area contributed by atoms with E-state index in [1.807, 2.05) is 24.3 Å². The summed E-state index contributed by atoms with van der Waals surface area (Å²) < 4.78 is 0. The number of nitrogens with zero attached hydrogens (tertiary/aromatic N) is 1. The van der Waals surface area contributed by atoms with Crippen LogP contribution in [0, 0.1) is 0 Å². The lowest BCUT2D eigenvalue weighted by molar-refractivity contribution is 0.161. The lowest BCUT2D eigenvalue weighted by Gasteiger charge is -2.28. The van der Waals surface area contributed by atoms with Gasteiger partial charge in [-0.2, -0.15) is 0 Å². The second-order valence-corrected chi connectivity index (χ2v) is 4.64. The molecule has 5 heteroatoms. The maximum absolute atomic E-state index is 10.0. The molecule has 2 unspecified atom stereocenters. The van der Waals surface area contributed by atoms with Gasteiger partial charge in [0.05, 0.1) is 18.8 Å². The molecule has 0 aromatic heterocycles. The molecule has 2 atom stereocenters. The van der Waals surface area contributed by atoms with E-state index >= 15 is 0 Å². The van der Waals surface area contributed by atoms with Gasteiger partial charge >= 0.3 is 0 Å². The summed E-state index contributed by atoms with van der Waals surface area (Å²) in [4.78, 5) is 2.19. The first-order valence-electron chi connectivity index (χ1n) is 6.34. The zero-order chi connectivity index (χ0) is 13.0. The minimum atomic E-state index is -0.325. The molecule has 0 radical (unpaired) electrons. The largest absolute Gasteiger partial charge is 0.399 e. The summed E-state index contributed by atoms with van der Waals surface area (Å²) in [5.74, 6) is 0. The highest BCUT2D eigenvalue weighted by Gasteiger charge is 2.32. The van der Waals surface area contributed by atoms with Gasteiger partial charge in [-0.3, -0.25) is 0 Å². The quantitative estimate of drug-likeness (QED) is 0.430. The molecule has 18 heavy (non-hydrogen) atoms. The number of nitrogen functional groups attached to an aromatic ring is 1. The van der Waals surface area contributed by atoms with Crippen molar-refractivity contribution in [1.82, 2.24) is 5.32 Å². The first-order valence-corrected chi connectivity index (χ1v) is 6.34. The highest BCUT2D eigenvalue weighted by atomic mass is 16.3. The number of hydrogen-bond acceptors (Lipinski definition) is 5. The lowest BCUT2D eigenvalue weighted by atomic mass is 10.1. The molecule has 0 saturated carbocycles. The van der Waals surface area contributed by atoms with Gasteiger partial charge in [0.1, 0.15) is 0 Å². The number of benzene rings is 1. The molecule has 5 nitrogen and oxygen atoms in total. The Bertz CT molecular complexity index is 369. The van der Waals surface area contributed by atoms with E-state index in [1.165, 1.54) is 0 Å². The molecule has 0 aliphatic carbocycles. The summed E-state index contributed by atoms with van der Waals surface area (Å²) in [6.07, 6.45) is 0.448. The molecule has 0 bridgehead atoms. The number of anilines is 2. The van der Waals surface area contributed by atoms with E-state index in [2.05, 4.69) is 10.2 Å². The predicted octanol–water partition coefficient (Wildman–Crippen LogP) is -0.210. The van der Waals surface area contributed by atoms with Crippen molar-refractivity contribution in [2.24, 2.45) is 0 Å². The average Bonchev–Trinajstić information content (AvgIpc) is 2.73. The highest BCUT2D eigenvalue weighted by Crippen LogP contribution is 2.26. The smallest absolute Gasteiger partial charge is 0.0772 e. The van der Waals surface area contributed by atoms with Crippen LogP contribution < -0.4 is 16.0 Å². The molecule has 100 valence electrons. The van der Waals surface area contributed by atoms with Gasteiger partial charge in [0.2, 0.25) is 0 Å². The molecule has 1 aromatic carbocycles. The Morgan fingerprint density at radius 3 is 2.72 bits per heavy atom. The summed E-state index contributed by atoms with van der Waals surface area (Å²) in [5.41, 5.74) is 7.50. The molecule has 1 aliphatic rings. The van der Waals surface area contributed by atoms with Crippen LogP contribution in [0.15, 0.2) is 24.3 Å². The van der Waals surface area contributed by atoms with Crippen LogP contribution in [-0.4, -0.2) is 48.6 Å². The van der Waals surface area contributed by atoms with Gasteiger partial charge in [0.15, 0.2) is 0 Å². The van der Waals surface area contributed by atoms with Gasteiger partial charge in [-0.05, 0) is 30.7 Å². The van der Waals surface area contributed by atoms with Crippen LogP contribution in [0.25, 0.3) is 0 Å². The van der Waals surface area contributed by atoms with Crippen LogP contribution in [0.2, 0.25) is 0 Å². The fraction of sp³-hybridized carbons (Fsp3) is 0.538. The van der Waals surface area contributed by atoms with Crippen LogP contribution in [0.5, 0.6) is 0 Å². The third kappa shape index (κ3) is 2.93. The molecule has 2 rings (SSSR count). The van der Waals surface area contributed by atoms with E-state index in [1.54, 1.807) is 0 Å². The molecular formula is C13H21N3O2. The van der Waals surface area contributed by atoms with Crippen molar-refractivity contribution in [3.8, 4) is 0 Å². The Morgan fingerprint density at radius 1 is 1.33 bits per heavy atom. The molecule has 1 heterocycles. The summed E-state index contributed by atoms with van der Waals surface area (Å²) in [6, 6.07) is 7.76. The predicted molar refractivity (Wildman–Crippen MR) is 72.6 cm³/mol. The van der Waals surface area contributed by atoms with E-state index in [9.17, 15) is 5.11 Å². The summed E-state index contributed by atoms with van der Waals surface area (Å²) in [7, 11) is 0. The van der Waals surface area contributed by atoms with Gasteiger partial charge in [-0.15, -0.1) is 0 Å². The molecule has 1 aliphatic heterocycles. The third-order valence-electron chi connectivity index (χ3n) is 3.38. The van der Waals surface area contributed by atoms with Gasteiger partial charge in [0.25, 0.3) is 0 Å². The minimum absolute atomic E-state index is 0.0557. The van der Waals surface area contributed by atoms with Crippen LogP contribution in [0.4, 0.5) is 11.4 Å². The van der Waals surface area contributed by atoms with Crippen molar-refractivity contribution in [1.29, 1.82) is 0 Å². The second kappa shape index (κ2) is 6.04. The Hall–Kier alpha value is -1.30. The normalized spacial score (nSPS) is 23.6. The fourth-order valence-electron chi connectivity index (χ4n) is 2.40. The SMILES string of the molecule is Nc1ccc(N2CCC(O)C2CNCCO)cc1. The van der Waals surface area contributed by atoms with Crippen molar-refractivity contribution in [3.05, 3.63) is 24.3 Å². The molecule has 1 fully saturated rings. The fourth-order valence-corrected chi connectivity index (χ4v) is 2.40. The topological polar surface area (TPSA) is 81.8 Å². The standard InChI is InChI=1S/C13H21N3O2/c14-10-1-3-11(4-2-10)16-7-5-13(18)12(16)9-15-6-8-17/h1-4,12-13,15,17-18H,5-9,14H2. The van der Waals surface area contributed by atoms with E-state index < -0.39 is 0 Å². The minimum Gasteiger partial charge on any atom is -0.399 e. The van der Waals surface area contributed by atoms with Gasteiger partial charge < -0.3 is 26.2 Å². The Kier molecular flexibility index (Phi) is 4.41. The van der Waals surface area contributed by atoms with E-state index in [0.717, 1.165) is 24.3 Å². The van der Waals surface area contributed by atoms with Crippen molar-refractivity contribution in [3.63, 3.8) is 0 Å². The zero-order valence-electron chi connectivity index (χ0n) is 10.4. The molecule has 1 aromatic rings. The molecule has 0 amide bonds. The van der Waals surface area contributed by atoms with Crippen LogP contribution in [0.3, 0.4) is 0 Å². The third-order valence-corrected chi connectivity index (χ3v) is 3.38. The number of nitrogens with one attached hydrogen (secondary N) is 1. The number of aliphatic hydroxyl groups excluding tert-OH is 2. The number of nitrogens with two attached hydrogens (primary N) is 1. The zero-order valence-corrected chi connectivity index (χ0v) is 10.4. The molecule has 1 saturated heterocycles. The molecular weight excluding hydrogens is 230 g/mol. The van der Waals surface area contributed by atoms with Gasteiger partial charge in [-0.1, -0.05) is 0 Å². The van der Waals surface area contributed by atoms with Crippen LogP contribution in [0.1, 0.15) is 6.42 Å². The van der Waals surface area contributed by atoms with Gasteiger partial charge in [-0.25, -0.2) is 0 Å². The van der Waals surface area contributed by atoms with Crippen LogP contribution in [-0.2, 0) is 0 Å². The summed E-state index contributed by atoms with van der Waals surface area (Å²) >= 11 is 0. The maximum Gasteiger partial charge on any atom is 0.0772 e. The second-order valence-electron chi connectivity index (χ2n) is 4.64. The van der Waals surface area contributed by atoms with E-state index in [-0.39, 0.29) is 18.8 Å². The Balaban J connectivity index is 2.03. The number of aliphatic hydroxyl groups is 2. The van der Waals surface area contributed by atoms with Crippen LogP contribution >= 0.6 is 0 Å². The molecule has 5 N–H and O–H groups in total. The van der Waals surface area contributed by atoms with E-state index in [4.69, 9.17) is 10.8 Å². The number of hydrogen-bond donors (Lipinski definition) is 4. The Morgan fingerprint density at radius 2 is 2.06 bits per heavy atom. The first-order chi connectivity index (χ1) is 8.72. The number of rotatable bonds is 5. The maximum atomic E-state index is 10.0. The lowest BCUT2D eigenvalue weighted by Crippen LogP contribution is -2.43. The molecule has 0 spiro atoms. The van der Waals surface area contributed by atoms with Gasteiger partial charge in [0, 0.05) is 31.0 Å². The van der Waals surface area contributed by atoms with Crippen molar-refractivity contribution in [2.75, 3.05) is 36.9 Å². The summed E-state index contributed by atoms with van der Waals surface area (Å²) in [5, 5.41) is 21.9. The monoisotopic (exact) mass is 251 g/mol. The Labute approximate surface area is 107 Å². The van der Waals surface area contributed by atoms with Crippen molar-refractivity contribution in [2.45, 2.75) is 18.6 Å². The van der Waals surface area contributed by atoms with Crippen molar-refractivity contribution >= 4 is 11.4 Å². The first kappa shape index (κ1) is 13.1. The summed E-state index contributed by atoms with van der Waals surface area (Å²) in [6.45, 7) is 2.19. The average molecular weight is 251 g/mol. The highest BCUT2D eigenvalue weighted by molar-refractivity contribution is 5.54. The van der Waals surface area contributed by atoms with Crippen molar-refractivity contribution < 1.29 is 10.2 Å². The van der Waals surface area contributed by atoms with E-state index in [0.29, 0.717) is 13.1 Å².